The van der Waals surface area contributed by atoms with E-state index < -0.39 is 5.91 Å². The lowest BCUT2D eigenvalue weighted by atomic mass is 10.1. The fraction of sp³-hybridized carbons (Fsp3) is 0.143. The van der Waals surface area contributed by atoms with E-state index in [0.717, 1.165) is 22.2 Å². The summed E-state index contributed by atoms with van der Waals surface area (Å²) in [7, 11) is 0. The lowest BCUT2D eigenvalue weighted by Gasteiger charge is -1.99. The summed E-state index contributed by atoms with van der Waals surface area (Å²) < 4.78 is 0. The summed E-state index contributed by atoms with van der Waals surface area (Å²) in [6, 6.07) is 9.75. The van der Waals surface area contributed by atoms with Gasteiger partial charge in [0, 0.05) is 16.6 Å². The molecule has 2 N–H and O–H groups in total. The zero-order valence-corrected chi connectivity index (χ0v) is 9.53. The van der Waals surface area contributed by atoms with Crippen LogP contribution in [0, 0.1) is 18.8 Å². The van der Waals surface area contributed by atoms with E-state index in [9.17, 15) is 4.79 Å². The summed E-state index contributed by atoms with van der Waals surface area (Å²) >= 11 is 0. The molecule has 0 aliphatic carbocycles. The summed E-state index contributed by atoms with van der Waals surface area (Å²) in [5, 5.41) is 1.04. The van der Waals surface area contributed by atoms with Crippen LogP contribution in [0.5, 0.6) is 0 Å². The average molecular weight is 224 g/mol. The van der Waals surface area contributed by atoms with Crippen LogP contribution in [0.3, 0.4) is 0 Å². The molecule has 1 aromatic heterocycles. The van der Waals surface area contributed by atoms with Gasteiger partial charge in [0.05, 0.1) is 11.9 Å². The van der Waals surface area contributed by atoms with E-state index in [2.05, 4.69) is 16.8 Å². The highest BCUT2D eigenvalue weighted by atomic mass is 16.1. The van der Waals surface area contributed by atoms with Gasteiger partial charge in [-0.25, -0.2) is 0 Å². The number of benzene rings is 1. The van der Waals surface area contributed by atoms with Crippen molar-refractivity contribution in [3.63, 3.8) is 0 Å². The van der Waals surface area contributed by atoms with Gasteiger partial charge in [-0.05, 0) is 31.2 Å². The van der Waals surface area contributed by atoms with Crippen molar-refractivity contribution in [3.05, 3.63) is 41.6 Å². The minimum absolute atomic E-state index is 0.0875. The maximum Gasteiger partial charge on any atom is 0.229 e. The van der Waals surface area contributed by atoms with Crippen LogP contribution in [0.4, 0.5) is 0 Å². The molecule has 1 aromatic carbocycles. The molecule has 0 spiro atoms. The number of amides is 1. The van der Waals surface area contributed by atoms with Crippen molar-refractivity contribution < 1.29 is 4.79 Å². The Morgan fingerprint density at radius 2 is 2.18 bits per heavy atom. The second-order valence-electron chi connectivity index (χ2n) is 3.80. The Labute approximate surface area is 99.7 Å². The lowest BCUT2D eigenvalue weighted by Crippen LogP contribution is -2.08. The largest absolute Gasteiger partial charge is 0.369 e. The van der Waals surface area contributed by atoms with Gasteiger partial charge < -0.3 is 5.73 Å². The molecule has 2 aromatic rings. The van der Waals surface area contributed by atoms with E-state index >= 15 is 0 Å². The number of rotatable bonds is 1. The second-order valence-corrected chi connectivity index (χ2v) is 3.80. The Balaban J connectivity index is 2.34. The zero-order valence-electron chi connectivity index (χ0n) is 9.53. The summed E-state index contributed by atoms with van der Waals surface area (Å²) in [6.07, 6.45) is 0.0875. The molecule has 1 heterocycles. The van der Waals surface area contributed by atoms with Gasteiger partial charge in [0.1, 0.15) is 0 Å². The number of nitrogens with zero attached hydrogens (tertiary/aromatic N) is 1. The lowest BCUT2D eigenvalue weighted by molar-refractivity contribution is -0.117. The minimum Gasteiger partial charge on any atom is -0.369 e. The van der Waals surface area contributed by atoms with Gasteiger partial charge in [0.25, 0.3) is 0 Å². The van der Waals surface area contributed by atoms with Crippen LogP contribution >= 0.6 is 0 Å². The quantitative estimate of drug-likeness (QED) is 0.750. The molecular weight excluding hydrogens is 212 g/mol. The molecule has 0 saturated heterocycles. The van der Waals surface area contributed by atoms with Crippen LogP contribution in [0.15, 0.2) is 30.3 Å². The maximum absolute atomic E-state index is 10.5. The first-order chi connectivity index (χ1) is 8.15. The molecule has 0 unspecified atom stereocenters. The fourth-order valence-electron chi connectivity index (χ4n) is 1.54. The first-order valence-electron chi connectivity index (χ1n) is 5.30. The van der Waals surface area contributed by atoms with E-state index in [1.165, 1.54) is 0 Å². The van der Waals surface area contributed by atoms with Gasteiger partial charge in [0.2, 0.25) is 5.91 Å². The molecule has 0 aliphatic heterocycles. The third kappa shape index (κ3) is 2.82. The first kappa shape index (κ1) is 11.2. The predicted octanol–water partition coefficient (Wildman–Crippen LogP) is 1.77. The topological polar surface area (TPSA) is 56.0 Å². The van der Waals surface area contributed by atoms with Gasteiger partial charge in [-0.15, -0.1) is 0 Å². The zero-order chi connectivity index (χ0) is 12.3. The van der Waals surface area contributed by atoms with E-state index in [1.807, 2.05) is 37.3 Å². The van der Waals surface area contributed by atoms with Gasteiger partial charge in [-0.1, -0.05) is 17.9 Å². The van der Waals surface area contributed by atoms with Crippen molar-refractivity contribution >= 4 is 16.8 Å². The molecule has 0 fully saturated rings. The Bertz CT molecular complexity index is 635. The molecule has 1 amide bonds. The Kier molecular flexibility index (Phi) is 3.06. The third-order valence-corrected chi connectivity index (χ3v) is 2.32. The summed E-state index contributed by atoms with van der Waals surface area (Å²) in [4.78, 5) is 15.0. The average Bonchev–Trinajstić information content (AvgIpc) is 2.29. The molecule has 3 heteroatoms. The number of nitrogens with two attached hydrogens (primary N) is 1. The monoisotopic (exact) mass is 224 g/mol. The van der Waals surface area contributed by atoms with Crippen LogP contribution in [0.25, 0.3) is 10.9 Å². The molecule has 0 radical (unpaired) electrons. The van der Waals surface area contributed by atoms with Crippen molar-refractivity contribution in [3.8, 4) is 11.8 Å². The van der Waals surface area contributed by atoms with E-state index in [4.69, 9.17) is 5.73 Å². The number of aryl methyl sites for hydroxylation is 1. The fourth-order valence-corrected chi connectivity index (χ4v) is 1.54. The standard InChI is InChI=1S/C14H12N2O/c1-10-5-7-12-9-11(3-2-4-14(15)17)6-8-13(12)16-10/h5-9H,4H2,1H3,(H2,15,17). The Morgan fingerprint density at radius 1 is 1.35 bits per heavy atom. The molecule has 0 atom stereocenters. The number of carbonyl (C=O) groups is 1. The summed E-state index contributed by atoms with van der Waals surface area (Å²) in [5.41, 5.74) is 7.82. The smallest absolute Gasteiger partial charge is 0.229 e. The molecule has 3 nitrogen and oxygen atoms in total. The van der Waals surface area contributed by atoms with Gasteiger partial charge >= 0.3 is 0 Å². The number of carbonyl (C=O) groups excluding carboxylic acids is 1. The molecular formula is C14H12N2O. The maximum atomic E-state index is 10.5. The van der Waals surface area contributed by atoms with Gasteiger partial charge in [-0.3, -0.25) is 9.78 Å². The number of hydrogen-bond acceptors (Lipinski definition) is 2. The molecule has 0 saturated carbocycles. The highest BCUT2D eigenvalue weighted by Gasteiger charge is 1.96. The molecule has 0 bridgehead atoms. The van der Waals surface area contributed by atoms with Gasteiger partial charge in [-0.2, -0.15) is 0 Å². The number of fused-ring (bicyclic) bond motifs is 1. The molecule has 84 valence electrons. The Morgan fingerprint density at radius 3 is 2.94 bits per heavy atom. The van der Waals surface area contributed by atoms with Crippen molar-refractivity contribution in [1.29, 1.82) is 0 Å². The molecule has 17 heavy (non-hydrogen) atoms. The van der Waals surface area contributed by atoms with Crippen LogP contribution in [-0.2, 0) is 4.79 Å². The predicted molar refractivity (Wildman–Crippen MR) is 67.2 cm³/mol. The molecule has 2 rings (SSSR count). The molecule has 0 aliphatic rings. The van der Waals surface area contributed by atoms with Crippen molar-refractivity contribution in [1.82, 2.24) is 4.98 Å². The van der Waals surface area contributed by atoms with Crippen LogP contribution in [-0.4, -0.2) is 10.9 Å². The summed E-state index contributed by atoms with van der Waals surface area (Å²) in [6.45, 7) is 1.96. The van der Waals surface area contributed by atoms with Crippen molar-refractivity contribution in [2.24, 2.45) is 5.73 Å². The normalized spacial score (nSPS) is 9.71. The van der Waals surface area contributed by atoms with E-state index in [-0.39, 0.29) is 6.42 Å². The van der Waals surface area contributed by atoms with Crippen LogP contribution in [0.2, 0.25) is 0 Å². The summed E-state index contributed by atoms with van der Waals surface area (Å²) in [5.74, 6) is 5.23. The van der Waals surface area contributed by atoms with E-state index in [0.29, 0.717) is 0 Å². The van der Waals surface area contributed by atoms with Gasteiger partial charge in [0.15, 0.2) is 0 Å². The minimum atomic E-state index is -0.407. The number of aromatic nitrogens is 1. The second kappa shape index (κ2) is 4.67. The third-order valence-electron chi connectivity index (χ3n) is 2.32. The van der Waals surface area contributed by atoms with Crippen LogP contribution < -0.4 is 5.73 Å². The number of pyridine rings is 1. The SMILES string of the molecule is Cc1ccc2cc(C#CCC(N)=O)ccc2n1. The van der Waals surface area contributed by atoms with Crippen molar-refractivity contribution in [2.75, 3.05) is 0 Å². The number of primary amides is 1. The Hall–Kier alpha value is -2.34. The number of hydrogen-bond donors (Lipinski definition) is 1. The highest BCUT2D eigenvalue weighted by molar-refractivity contribution is 5.80. The highest BCUT2D eigenvalue weighted by Crippen LogP contribution is 2.14. The van der Waals surface area contributed by atoms with Crippen LogP contribution in [0.1, 0.15) is 17.7 Å². The first-order valence-corrected chi connectivity index (χ1v) is 5.30. The van der Waals surface area contributed by atoms with Crippen molar-refractivity contribution in [2.45, 2.75) is 13.3 Å². The van der Waals surface area contributed by atoms with E-state index in [1.54, 1.807) is 0 Å².